The zero-order chi connectivity index (χ0) is 30.8. The van der Waals surface area contributed by atoms with Crippen molar-refractivity contribution in [3.8, 4) is 11.5 Å². The Kier molecular flexibility index (Phi) is 10.3. The van der Waals surface area contributed by atoms with Gasteiger partial charge in [0.25, 0.3) is 5.91 Å². The van der Waals surface area contributed by atoms with Gasteiger partial charge in [-0.1, -0.05) is 78.4 Å². The summed E-state index contributed by atoms with van der Waals surface area (Å²) in [7, 11) is 1.61. The van der Waals surface area contributed by atoms with E-state index >= 15 is 0 Å². The smallest absolute Gasteiger partial charge is 0.252 e. The fraction of sp³-hybridized carbons (Fsp3) is 0.222. The zero-order valence-electron chi connectivity index (χ0n) is 24.5. The maximum atomic E-state index is 14.3. The van der Waals surface area contributed by atoms with Crippen LogP contribution in [0.3, 0.4) is 0 Å². The van der Waals surface area contributed by atoms with Crippen LogP contribution in [0.25, 0.3) is 6.08 Å². The summed E-state index contributed by atoms with van der Waals surface area (Å²) in [6.07, 6.45) is 4.05. The van der Waals surface area contributed by atoms with E-state index in [1.165, 1.54) is 0 Å². The number of carbonyl (C=O) groups excluding carboxylic acids is 1. The second-order valence-electron chi connectivity index (χ2n) is 10.4. The standard InChI is InChI=1S/C36H35ClN2O5/c1-42-32-12-5-11-29(24-32)33-36(21-6-10-26-8-3-2-4-9-26,35(41)38-25-27-13-17-30(37)18-14-27)39-34(44-33)28-15-19-31(20-16-28)43-23-7-22-40/h2-6,8-20,24,33,40H,7,21-23,25H2,1H3,(H,38,41)/b10-6+/t33-,36-/m1/s1. The molecule has 0 bridgehead atoms. The Labute approximate surface area is 262 Å². The molecule has 4 aromatic rings. The molecular weight excluding hydrogens is 576 g/mol. The van der Waals surface area contributed by atoms with Crippen LogP contribution in [-0.2, 0) is 16.1 Å². The largest absolute Gasteiger partial charge is 0.497 e. The number of benzene rings is 4. The number of carbonyl (C=O) groups is 1. The van der Waals surface area contributed by atoms with Crippen molar-refractivity contribution >= 4 is 29.5 Å². The van der Waals surface area contributed by atoms with E-state index < -0.39 is 11.6 Å². The Morgan fingerprint density at radius 1 is 1.00 bits per heavy atom. The first-order chi connectivity index (χ1) is 21.5. The maximum Gasteiger partial charge on any atom is 0.252 e. The Morgan fingerprint density at radius 2 is 1.77 bits per heavy atom. The van der Waals surface area contributed by atoms with E-state index in [-0.39, 0.29) is 18.9 Å². The van der Waals surface area contributed by atoms with Gasteiger partial charge in [0.1, 0.15) is 11.5 Å². The predicted molar refractivity (Wildman–Crippen MR) is 173 cm³/mol. The summed E-state index contributed by atoms with van der Waals surface area (Å²) < 4.78 is 17.8. The van der Waals surface area contributed by atoms with E-state index in [0.29, 0.717) is 47.6 Å². The normalized spacial score (nSPS) is 17.6. The number of halogens is 1. The summed E-state index contributed by atoms with van der Waals surface area (Å²) in [6.45, 7) is 0.779. The van der Waals surface area contributed by atoms with Crippen molar-refractivity contribution in [1.29, 1.82) is 0 Å². The second-order valence-corrected chi connectivity index (χ2v) is 10.8. The van der Waals surface area contributed by atoms with Crippen molar-refractivity contribution in [2.75, 3.05) is 20.3 Å². The minimum absolute atomic E-state index is 0.0648. The molecule has 8 heteroatoms. The molecule has 0 unspecified atom stereocenters. The molecule has 0 saturated heterocycles. The molecule has 0 saturated carbocycles. The monoisotopic (exact) mass is 610 g/mol. The topological polar surface area (TPSA) is 89.4 Å². The predicted octanol–water partition coefficient (Wildman–Crippen LogP) is 6.79. The molecule has 0 aromatic heterocycles. The lowest BCUT2D eigenvalue weighted by molar-refractivity contribution is -0.129. The number of nitrogens with one attached hydrogen (secondary N) is 1. The third kappa shape index (κ3) is 7.48. The van der Waals surface area contributed by atoms with Crippen LogP contribution in [0.1, 0.15) is 41.2 Å². The summed E-state index contributed by atoms with van der Waals surface area (Å²) in [4.78, 5) is 19.4. The molecule has 0 radical (unpaired) electrons. The molecule has 0 aliphatic carbocycles. The number of ether oxygens (including phenoxy) is 3. The highest BCUT2D eigenvalue weighted by molar-refractivity contribution is 6.30. The fourth-order valence-electron chi connectivity index (χ4n) is 5.00. The van der Waals surface area contributed by atoms with Crippen LogP contribution in [0.4, 0.5) is 0 Å². The summed E-state index contributed by atoms with van der Waals surface area (Å²) >= 11 is 6.08. The third-order valence-corrected chi connectivity index (χ3v) is 7.58. The summed E-state index contributed by atoms with van der Waals surface area (Å²) in [5.41, 5.74) is 2.08. The van der Waals surface area contributed by atoms with E-state index in [1.807, 2.05) is 103 Å². The molecule has 2 N–H and O–H groups in total. The van der Waals surface area contributed by atoms with Crippen molar-refractivity contribution in [1.82, 2.24) is 5.32 Å². The molecule has 44 heavy (non-hydrogen) atoms. The number of methoxy groups -OCH3 is 1. The first-order valence-corrected chi connectivity index (χ1v) is 14.9. The van der Waals surface area contributed by atoms with Gasteiger partial charge in [-0.2, -0.15) is 0 Å². The van der Waals surface area contributed by atoms with E-state index in [9.17, 15) is 4.79 Å². The van der Waals surface area contributed by atoms with Crippen molar-refractivity contribution < 1.29 is 24.1 Å². The number of amides is 1. The van der Waals surface area contributed by atoms with Crippen molar-refractivity contribution in [2.24, 2.45) is 4.99 Å². The number of rotatable bonds is 13. The number of aliphatic hydroxyl groups is 1. The highest BCUT2D eigenvalue weighted by atomic mass is 35.5. The number of hydrogen-bond acceptors (Lipinski definition) is 6. The quantitative estimate of drug-likeness (QED) is 0.163. The molecule has 0 spiro atoms. The van der Waals surface area contributed by atoms with Gasteiger partial charge in [0, 0.05) is 36.6 Å². The Balaban J connectivity index is 1.53. The zero-order valence-corrected chi connectivity index (χ0v) is 25.2. The number of nitrogens with zero attached hydrogens (tertiary/aromatic N) is 1. The minimum Gasteiger partial charge on any atom is -0.497 e. The number of aliphatic imine (C=N–C) groups is 1. The van der Waals surface area contributed by atoms with Gasteiger partial charge in [-0.15, -0.1) is 0 Å². The molecule has 2 atom stereocenters. The van der Waals surface area contributed by atoms with Crippen LogP contribution in [0.5, 0.6) is 11.5 Å². The van der Waals surface area contributed by atoms with Crippen LogP contribution in [-0.4, -0.2) is 42.8 Å². The van der Waals surface area contributed by atoms with Gasteiger partial charge in [0.2, 0.25) is 5.90 Å². The molecule has 7 nitrogen and oxygen atoms in total. The highest BCUT2D eigenvalue weighted by Crippen LogP contribution is 2.43. The molecule has 1 aliphatic heterocycles. The van der Waals surface area contributed by atoms with Gasteiger partial charge in [-0.05, 0) is 65.2 Å². The Bertz CT molecular complexity index is 1590. The van der Waals surface area contributed by atoms with Crippen LogP contribution in [0.2, 0.25) is 5.02 Å². The molecule has 226 valence electrons. The highest BCUT2D eigenvalue weighted by Gasteiger charge is 2.52. The molecule has 1 aliphatic rings. The van der Waals surface area contributed by atoms with Crippen molar-refractivity contribution in [2.45, 2.75) is 31.0 Å². The van der Waals surface area contributed by atoms with Gasteiger partial charge >= 0.3 is 0 Å². The fourth-order valence-corrected chi connectivity index (χ4v) is 5.12. The SMILES string of the molecule is COc1cccc([C@H]2OC(c3ccc(OCCCO)cc3)=N[C@@]2(C/C=C/c2ccccc2)C(=O)NCc2ccc(Cl)cc2)c1. The maximum absolute atomic E-state index is 14.3. The van der Waals surface area contributed by atoms with Crippen LogP contribution >= 0.6 is 11.6 Å². The molecular formula is C36H35ClN2O5. The van der Waals surface area contributed by atoms with E-state index in [0.717, 1.165) is 16.7 Å². The van der Waals surface area contributed by atoms with Gasteiger partial charge in [-0.25, -0.2) is 4.99 Å². The Hall–Kier alpha value is -4.59. The second kappa shape index (κ2) is 14.7. The van der Waals surface area contributed by atoms with Gasteiger partial charge in [0.05, 0.1) is 13.7 Å². The van der Waals surface area contributed by atoms with Crippen LogP contribution in [0, 0.1) is 0 Å². The van der Waals surface area contributed by atoms with Crippen molar-refractivity contribution in [3.63, 3.8) is 0 Å². The number of hydrogen-bond donors (Lipinski definition) is 2. The lowest BCUT2D eigenvalue weighted by Crippen LogP contribution is -2.47. The molecule has 1 amide bonds. The lowest BCUT2D eigenvalue weighted by Gasteiger charge is -2.30. The Morgan fingerprint density at radius 3 is 2.50 bits per heavy atom. The van der Waals surface area contributed by atoms with Gasteiger partial charge in [-0.3, -0.25) is 4.79 Å². The molecule has 5 rings (SSSR count). The summed E-state index contributed by atoms with van der Waals surface area (Å²) in [5.74, 6) is 1.41. The van der Waals surface area contributed by atoms with Crippen molar-refractivity contribution in [3.05, 3.63) is 136 Å². The minimum atomic E-state index is -1.32. The first-order valence-electron chi connectivity index (χ1n) is 14.5. The van der Waals surface area contributed by atoms with Gasteiger partial charge in [0.15, 0.2) is 11.6 Å². The average Bonchev–Trinajstić information content (AvgIpc) is 3.46. The average molecular weight is 611 g/mol. The molecule has 0 fully saturated rings. The van der Waals surface area contributed by atoms with E-state index in [1.54, 1.807) is 19.2 Å². The summed E-state index contributed by atoms with van der Waals surface area (Å²) in [6, 6.07) is 32.2. The van der Waals surface area contributed by atoms with E-state index in [4.69, 9.17) is 35.9 Å². The lowest BCUT2D eigenvalue weighted by atomic mass is 9.84. The molecule has 1 heterocycles. The van der Waals surface area contributed by atoms with E-state index in [2.05, 4.69) is 5.32 Å². The van der Waals surface area contributed by atoms with Crippen LogP contribution < -0.4 is 14.8 Å². The first kappa shape index (κ1) is 30.9. The third-order valence-electron chi connectivity index (χ3n) is 7.33. The van der Waals surface area contributed by atoms with Gasteiger partial charge < -0.3 is 24.6 Å². The van der Waals surface area contributed by atoms with Crippen LogP contribution in [0.15, 0.2) is 114 Å². The summed E-state index contributed by atoms with van der Waals surface area (Å²) in [5, 5.41) is 12.8. The number of aliphatic hydroxyl groups excluding tert-OH is 1. The molecule has 4 aromatic carbocycles.